The number of hydrogen-bond acceptors (Lipinski definition) is 5. The lowest BCUT2D eigenvalue weighted by Crippen LogP contribution is -2.08. The van der Waals surface area contributed by atoms with Gasteiger partial charge < -0.3 is 10.5 Å². The number of nitrogen functional groups attached to an aromatic ring is 1. The maximum absolute atomic E-state index is 12.4. The van der Waals surface area contributed by atoms with Crippen molar-refractivity contribution in [3.8, 4) is 23.0 Å². The van der Waals surface area contributed by atoms with E-state index in [1.165, 1.54) is 7.11 Å². The smallest absolute Gasteiger partial charge is 0.340 e. The van der Waals surface area contributed by atoms with E-state index in [4.69, 9.17) is 10.5 Å². The molecular formula is C24H17N3O2. The van der Waals surface area contributed by atoms with Crippen molar-refractivity contribution in [2.24, 2.45) is 0 Å². The Balaban J connectivity index is 1.76. The van der Waals surface area contributed by atoms with Gasteiger partial charge in [-0.2, -0.15) is 0 Å². The molecule has 29 heavy (non-hydrogen) atoms. The van der Waals surface area contributed by atoms with Crippen LogP contribution in [0.1, 0.15) is 21.5 Å². The van der Waals surface area contributed by atoms with Gasteiger partial charge in [-0.3, -0.25) is 9.97 Å². The zero-order valence-electron chi connectivity index (χ0n) is 15.7. The number of fused-ring (bicyclic) bond motifs is 1. The minimum Gasteiger partial charge on any atom is -0.465 e. The summed E-state index contributed by atoms with van der Waals surface area (Å²) in [4.78, 5) is 20.5. The number of anilines is 1. The van der Waals surface area contributed by atoms with Crippen molar-refractivity contribution in [2.75, 3.05) is 12.8 Å². The Bertz CT molecular complexity index is 1250. The van der Waals surface area contributed by atoms with Gasteiger partial charge in [-0.15, -0.1) is 0 Å². The first-order valence-electron chi connectivity index (χ1n) is 8.94. The number of benzene rings is 2. The largest absolute Gasteiger partial charge is 0.465 e. The molecule has 0 saturated heterocycles. The number of carbonyl (C=O) groups is 1. The van der Waals surface area contributed by atoms with Crippen molar-refractivity contribution in [1.29, 1.82) is 0 Å². The van der Waals surface area contributed by atoms with E-state index in [0.29, 0.717) is 16.6 Å². The Hall–Kier alpha value is -4.17. The third-order valence-corrected chi connectivity index (χ3v) is 4.58. The fraction of sp³-hybridized carbons (Fsp3) is 0.0417. The third kappa shape index (κ3) is 3.64. The molecule has 2 aromatic heterocycles. The molecular weight excluding hydrogens is 362 g/mol. The van der Waals surface area contributed by atoms with Crippen LogP contribution in [-0.2, 0) is 4.74 Å². The molecule has 0 atom stereocenters. The lowest BCUT2D eigenvalue weighted by atomic mass is 9.95. The summed E-state index contributed by atoms with van der Waals surface area (Å²) in [5.41, 5.74) is 10.4. The average molecular weight is 379 g/mol. The second-order valence-corrected chi connectivity index (χ2v) is 6.37. The summed E-state index contributed by atoms with van der Waals surface area (Å²) in [6.45, 7) is 0. The Morgan fingerprint density at radius 2 is 1.72 bits per heavy atom. The topological polar surface area (TPSA) is 78.1 Å². The number of ether oxygens (including phenoxy) is 1. The Labute approximate surface area is 168 Å². The van der Waals surface area contributed by atoms with Gasteiger partial charge in [0.25, 0.3) is 0 Å². The predicted molar refractivity (Wildman–Crippen MR) is 113 cm³/mol. The number of hydrogen-bond donors (Lipinski definition) is 1. The molecule has 140 valence electrons. The van der Waals surface area contributed by atoms with E-state index in [2.05, 4.69) is 21.8 Å². The molecule has 2 N–H and O–H groups in total. The van der Waals surface area contributed by atoms with Crippen molar-refractivity contribution in [1.82, 2.24) is 9.97 Å². The second kappa shape index (κ2) is 7.83. The molecule has 0 radical (unpaired) electrons. The summed E-state index contributed by atoms with van der Waals surface area (Å²) < 4.78 is 4.94. The number of carbonyl (C=O) groups excluding carboxylic acids is 1. The molecule has 0 aliphatic rings. The van der Waals surface area contributed by atoms with Crippen molar-refractivity contribution < 1.29 is 9.53 Å². The van der Waals surface area contributed by atoms with E-state index in [9.17, 15) is 4.79 Å². The normalized spacial score (nSPS) is 10.2. The van der Waals surface area contributed by atoms with Gasteiger partial charge in [0.05, 0.1) is 18.4 Å². The highest BCUT2D eigenvalue weighted by atomic mass is 16.5. The van der Waals surface area contributed by atoms with Crippen LogP contribution in [0.25, 0.3) is 21.9 Å². The molecule has 5 heteroatoms. The van der Waals surface area contributed by atoms with Gasteiger partial charge in [0, 0.05) is 46.9 Å². The minimum atomic E-state index is -0.485. The zero-order valence-corrected chi connectivity index (χ0v) is 15.7. The highest BCUT2D eigenvalue weighted by molar-refractivity contribution is 6.12. The van der Waals surface area contributed by atoms with Crippen LogP contribution in [0.3, 0.4) is 0 Å². The summed E-state index contributed by atoms with van der Waals surface area (Å²) >= 11 is 0. The summed E-state index contributed by atoms with van der Waals surface area (Å²) in [5.74, 6) is 5.72. The van der Waals surface area contributed by atoms with Crippen LogP contribution in [0, 0.1) is 11.8 Å². The molecule has 0 spiro atoms. The van der Waals surface area contributed by atoms with E-state index in [1.54, 1.807) is 24.8 Å². The van der Waals surface area contributed by atoms with Crippen LogP contribution in [0.5, 0.6) is 0 Å². The number of pyridine rings is 2. The first kappa shape index (κ1) is 18.2. The number of rotatable bonds is 2. The van der Waals surface area contributed by atoms with Gasteiger partial charge in [-0.25, -0.2) is 4.79 Å². The average Bonchev–Trinajstić information content (AvgIpc) is 2.78. The van der Waals surface area contributed by atoms with Gasteiger partial charge in [-0.05, 0) is 47.3 Å². The van der Waals surface area contributed by atoms with Crippen LogP contribution in [0.2, 0.25) is 0 Å². The lowest BCUT2D eigenvalue weighted by Gasteiger charge is -2.13. The molecule has 0 aliphatic carbocycles. The number of esters is 1. The van der Waals surface area contributed by atoms with E-state index < -0.39 is 5.97 Å². The summed E-state index contributed by atoms with van der Waals surface area (Å²) in [7, 11) is 1.34. The zero-order chi connectivity index (χ0) is 20.2. The second-order valence-electron chi connectivity index (χ2n) is 6.37. The molecule has 0 saturated carbocycles. The van der Waals surface area contributed by atoms with Gasteiger partial charge in [0.15, 0.2) is 0 Å². The molecule has 0 bridgehead atoms. The predicted octanol–water partition coefficient (Wildman–Crippen LogP) is 4.07. The van der Waals surface area contributed by atoms with Crippen LogP contribution < -0.4 is 5.73 Å². The molecule has 0 amide bonds. The number of nitrogens with two attached hydrogens (primary N) is 1. The van der Waals surface area contributed by atoms with Gasteiger partial charge in [-0.1, -0.05) is 24.0 Å². The Kier molecular flexibility index (Phi) is 4.91. The quantitative estimate of drug-likeness (QED) is 0.323. The Morgan fingerprint density at radius 3 is 2.45 bits per heavy atom. The van der Waals surface area contributed by atoms with Crippen LogP contribution in [-0.4, -0.2) is 23.0 Å². The first-order chi connectivity index (χ1) is 14.2. The maximum Gasteiger partial charge on any atom is 0.340 e. The highest BCUT2D eigenvalue weighted by Gasteiger charge is 2.19. The SMILES string of the molecule is COC(=O)c1c(N)c(-c2ccc(C#Cc3cccnc3)cc2)cc2ccncc12. The van der Waals surface area contributed by atoms with Crippen LogP contribution in [0.15, 0.2) is 73.3 Å². The molecule has 2 aromatic carbocycles. The molecule has 5 nitrogen and oxygen atoms in total. The van der Waals surface area contributed by atoms with Gasteiger partial charge in [0.1, 0.15) is 0 Å². The van der Waals surface area contributed by atoms with Crippen LogP contribution >= 0.6 is 0 Å². The van der Waals surface area contributed by atoms with Crippen molar-refractivity contribution in [3.63, 3.8) is 0 Å². The molecule has 0 unspecified atom stereocenters. The monoisotopic (exact) mass is 379 g/mol. The molecule has 4 aromatic rings. The lowest BCUT2D eigenvalue weighted by molar-refractivity contribution is 0.0604. The number of nitrogens with zero attached hydrogens (tertiary/aromatic N) is 2. The van der Waals surface area contributed by atoms with E-state index in [0.717, 1.165) is 27.6 Å². The van der Waals surface area contributed by atoms with E-state index in [1.807, 2.05) is 48.5 Å². The van der Waals surface area contributed by atoms with E-state index in [-0.39, 0.29) is 0 Å². The van der Waals surface area contributed by atoms with Crippen LogP contribution in [0.4, 0.5) is 5.69 Å². The summed E-state index contributed by atoms with van der Waals surface area (Å²) in [6.07, 6.45) is 6.74. The first-order valence-corrected chi connectivity index (χ1v) is 8.94. The van der Waals surface area contributed by atoms with E-state index >= 15 is 0 Å². The van der Waals surface area contributed by atoms with Crippen molar-refractivity contribution >= 4 is 22.4 Å². The molecule has 0 fully saturated rings. The standard InChI is InChI=1S/C24H17N3O2/c1-29-24(28)22-21-15-27-12-10-19(21)13-20(23(22)25)18-8-6-16(7-9-18)4-5-17-3-2-11-26-14-17/h2-3,6-15H,25H2,1H3. The van der Waals surface area contributed by atoms with Crippen molar-refractivity contribution in [3.05, 3.63) is 90.0 Å². The fourth-order valence-corrected chi connectivity index (χ4v) is 3.13. The van der Waals surface area contributed by atoms with Crippen molar-refractivity contribution in [2.45, 2.75) is 0 Å². The highest BCUT2D eigenvalue weighted by Crippen LogP contribution is 2.35. The molecule has 2 heterocycles. The molecule has 0 aliphatic heterocycles. The molecule has 4 rings (SSSR count). The number of aromatic nitrogens is 2. The summed E-state index contributed by atoms with van der Waals surface area (Å²) in [6, 6.07) is 15.3. The summed E-state index contributed by atoms with van der Waals surface area (Å²) in [5, 5.41) is 1.53. The third-order valence-electron chi connectivity index (χ3n) is 4.58. The number of methoxy groups -OCH3 is 1. The Morgan fingerprint density at radius 1 is 0.966 bits per heavy atom. The fourth-order valence-electron chi connectivity index (χ4n) is 3.13. The van der Waals surface area contributed by atoms with Gasteiger partial charge in [0.2, 0.25) is 0 Å². The minimum absolute atomic E-state index is 0.327. The maximum atomic E-state index is 12.4. The van der Waals surface area contributed by atoms with Gasteiger partial charge >= 0.3 is 5.97 Å².